The Morgan fingerprint density at radius 1 is 0.895 bits per heavy atom. The molecule has 1 unspecified atom stereocenters. The zero-order valence-electron chi connectivity index (χ0n) is 22.4. The maximum absolute atomic E-state index is 14.3. The summed E-state index contributed by atoms with van der Waals surface area (Å²) in [5.41, 5.74) is -1.20. The molecule has 8 nitrogen and oxygen atoms in total. The number of hydrogen-bond donors (Lipinski definition) is 1. The first-order valence-electron chi connectivity index (χ1n) is 14.0. The Bertz CT molecular complexity index is 1120. The summed E-state index contributed by atoms with van der Waals surface area (Å²) < 4.78 is 6.96. The predicted molar refractivity (Wildman–Crippen MR) is 143 cm³/mol. The summed E-state index contributed by atoms with van der Waals surface area (Å²) in [6, 6.07) is 8.98. The molecule has 4 aliphatic rings. The summed E-state index contributed by atoms with van der Waals surface area (Å²) in [4.78, 5) is 47.8. The van der Waals surface area contributed by atoms with Gasteiger partial charge in [-0.15, -0.1) is 0 Å². The van der Waals surface area contributed by atoms with Crippen molar-refractivity contribution in [2.24, 2.45) is 11.8 Å². The normalized spacial score (nSPS) is 32.3. The Balaban J connectivity index is 1.58. The average molecular weight is 522 g/mol. The third-order valence-corrected chi connectivity index (χ3v) is 8.66. The van der Waals surface area contributed by atoms with E-state index in [9.17, 15) is 19.5 Å². The van der Waals surface area contributed by atoms with Gasteiger partial charge in [-0.05, 0) is 24.8 Å². The molecule has 1 N–H and O–H groups in total. The van der Waals surface area contributed by atoms with E-state index in [-0.39, 0.29) is 30.9 Å². The lowest BCUT2D eigenvalue weighted by Gasteiger charge is -2.38. The maximum Gasteiger partial charge on any atom is 0.249 e. The van der Waals surface area contributed by atoms with Gasteiger partial charge in [-0.25, -0.2) is 0 Å². The molecule has 0 aliphatic carbocycles. The van der Waals surface area contributed by atoms with Crippen LogP contribution in [-0.4, -0.2) is 87.6 Å². The minimum atomic E-state index is -1.24. The first-order chi connectivity index (χ1) is 18.4. The Morgan fingerprint density at radius 2 is 1.63 bits per heavy atom. The third-order valence-electron chi connectivity index (χ3n) is 8.66. The standard InChI is InChI=1S/C30H39N3O5/c1-3-5-16-31-17-10-15-30-24(27(36)33(19-11-20-34)25(30)28(31)37)23-26(35)32(21-22-12-7-6-8-13-22)18-9-14-29(23,4-2)38-30/h6-10,12-15,23-25,34H,3-5,11,16-21H2,1-2H3/t23-,24+,25?,29+,30+/m1/s1. The summed E-state index contributed by atoms with van der Waals surface area (Å²) in [6.45, 7) is 6.13. The first kappa shape index (κ1) is 26.6. The molecule has 0 aromatic heterocycles. The van der Waals surface area contributed by atoms with Crippen LogP contribution in [0.15, 0.2) is 54.6 Å². The van der Waals surface area contributed by atoms with E-state index < -0.39 is 29.1 Å². The summed E-state index contributed by atoms with van der Waals surface area (Å²) in [5.74, 6) is -2.05. The van der Waals surface area contributed by atoms with Crippen LogP contribution in [0.5, 0.6) is 0 Å². The topological polar surface area (TPSA) is 90.4 Å². The van der Waals surface area contributed by atoms with Gasteiger partial charge in [-0.2, -0.15) is 0 Å². The molecule has 4 heterocycles. The predicted octanol–water partition coefficient (Wildman–Crippen LogP) is 2.53. The van der Waals surface area contributed by atoms with Gasteiger partial charge in [0.05, 0.1) is 17.4 Å². The molecule has 8 heteroatoms. The van der Waals surface area contributed by atoms with Crippen LogP contribution in [0.1, 0.15) is 45.1 Å². The van der Waals surface area contributed by atoms with Crippen molar-refractivity contribution in [2.45, 2.75) is 63.3 Å². The summed E-state index contributed by atoms with van der Waals surface area (Å²) in [5, 5.41) is 9.57. The third kappa shape index (κ3) is 4.18. The average Bonchev–Trinajstić information content (AvgIpc) is 3.22. The number of hydrogen-bond acceptors (Lipinski definition) is 5. The molecule has 0 bridgehead atoms. The monoisotopic (exact) mass is 521 g/mol. The number of likely N-dealkylation sites (tertiary alicyclic amines) is 1. The molecule has 38 heavy (non-hydrogen) atoms. The second kappa shape index (κ2) is 10.7. The lowest BCUT2D eigenvalue weighted by Crippen LogP contribution is -2.56. The van der Waals surface area contributed by atoms with Gasteiger partial charge >= 0.3 is 0 Å². The molecule has 5 atom stereocenters. The Kier molecular flexibility index (Phi) is 7.47. The van der Waals surface area contributed by atoms with Gasteiger partial charge in [-0.3, -0.25) is 14.4 Å². The number of amides is 3. The molecule has 5 rings (SSSR count). The van der Waals surface area contributed by atoms with Crippen molar-refractivity contribution < 1.29 is 24.2 Å². The zero-order chi connectivity index (χ0) is 26.9. The van der Waals surface area contributed by atoms with E-state index in [1.54, 1.807) is 14.7 Å². The highest BCUT2D eigenvalue weighted by Gasteiger charge is 2.75. The van der Waals surface area contributed by atoms with Crippen LogP contribution in [0, 0.1) is 11.8 Å². The first-order valence-corrected chi connectivity index (χ1v) is 14.0. The summed E-state index contributed by atoms with van der Waals surface area (Å²) >= 11 is 0. The molecule has 3 amide bonds. The molecule has 1 spiro atoms. The smallest absolute Gasteiger partial charge is 0.249 e. The van der Waals surface area contributed by atoms with Crippen molar-refractivity contribution in [3.8, 4) is 0 Å². The Morgan fingerprint density at radius 3 is 2.34 bits per heavy atom. The van der Waals surface area contributed by atoms with Gasteiger partial charge in [0.15, 0.2) is 0 Å². The lowest BCUT2D eigenvalue weighted by molar-refractivity contribution is -0.154. The number of unbranched alkanes of at least 4 members (excludes halogenated alkanes) is 1. The number of aliphatic hydroxyl groups excluding tert-OH is 1. The van der Waals surface area contributed by atoms with E-state index in [1.165, 1.54) is 0 Å². The number of benzene rings is 1. The highest BCUT2D eigenvalue weighted by molar-refractivity contribution is 6.00. The molecule has 0 saturated carbocycles. The van der Waals surface area contributed by atoms with E-state index >= 15 is 0 Å². The van der Waals surface area contributed by atoms with E-state index in [2.05, 4.69) is 6.92 Å². The van der Waals surface area contributed by atoms with Gasteiger partial charge < -0.3 is 24.5 Å². The van der Waals surface area contributed by atoms with Crippen LogP contribution >= 0.6 is 0 Å². The molecular formula is C30H39N3O5. The van der Waals surface area contributed by atoms with Crippen molar-refractivity contribution >= 4 is 17.7 Å². The van der Waals surface area contributed by atoms with Gasteiger partial charge in [0.25, 0.3) is 0 Å². The number of fused-ring (bicyclic) bond motifs is 2. The Hall–Kier alpha value is -2.97. The van der Waals surface area contributed by atoms with Gasteiger partial charge in [0.2, 0.25) is 17.7 Å². The molecular weight excluding hydrogens is 482 g/mol. The number of rotatable bonds is 9. The van der Waals surface area contributed by atoms with Crippen molar-refractivity contribution in [1.29, 1.82) is 0 Å². The van der Waals surface area contributed by atoms with E-state index in [0.717, 1.165) is 18.4 Å². The van der Waals surface area contributed by atoms with E-state index in [1.807, 2.05) is 61.6 Å². The second-order valence-corrected chi connectivity index (χ2v) is 10.9. The highest BCUT2D eigenvalue weighted by atomic mass is 16.5. The Labute approximate surface area is 224 Å². The number of ether oxygens (including phenoxy) is 1. The summed E-state index contributed by atoms with van der Waals surface area (Å²) in [7, 11) is 0. The zero-order valence-corrected chi connectivity index (χ0v) is 22.4. The van der Waals surface area contributed by atoms with Gasteiger partial charge in [0, 0.05) is 39.3 Å². The van der Waals surface area contributed by atoms with Crippen molar-refractivity contribution in [1.82, 2.24) is 14.7 Å². The van der Waals surface area contributed by atoms with Crippen molar-refractivity contribution in [3.63, 3.8) is 0 Å². The fraction of sp³-hybridized carbons (Fsp3) is 0.567. The molecule has 0 radical (unpaired) electrons. The molecule has 204 valence electrons. The van der Waals surface area contributed by atoms with Gasteiger partial charge in [-0.1, -0.05) is 74.9 Å². The number of aliphatic hydroxyl groups is 1. The van der Waals surface area contributed by atoms with Crippen LogP contribution in [0.3, 0.4) is 0 Å². The molecule has 4 aliphatic heterocycles. The van der Waals surface area contributed by atoms with E-state index in [0.29, 0.717) is 39.0 Å². The SMILES string of the molecule is CCCCN1CC=C[C@]23O[C@@]4(CC)C=CCN(Cc5ccccc5)C(=O)[C@H]4[C@H]2C(=O)N(CCCO)C3C1=O. The largest absolute Gasteiger partial charge is 0.396 e. The van der Waals surface area contributed by atoms with Gasteiger partial charge in [0.1, 0.15) is 11.6 Å². The van der Waals surface area contributed by atoms with Crippen LogP contribution in [0.25, 0.3) is 0 Å². The number of carbonyl (C=O) groups is 3. The number of nitrogens with zero attached hydrogens (tertiary/aromatic N) is 3. The lowest BCUT2D eigenvalue weighted by atomic mass is 9.73. The molecule has 2 fully saturated rings. The van der Waals surface area contributed by atoms with Crippen LogP contribution in [0.2, 0.25) is 0 Å². The minimum Gasteiger partial charge on any atom is -0.396 e. The maximum atomic E-state index is 14.3. The fourth-order valence-electron chi connectivity index (χ4n) is 6.83. The van der Waals surface area contributed by atoms with Crippen molar-refractivity contribution in [3.05, 3.63) is 60.2 Å². The van der Waals surface area contributed by atoms with Crippen LogP contribution < -0.4 is 0 Å². The molecule has 1 aromatic rings. The fourth-order valence-corrected chi connectivity index (χ4v) is 6.83. The van der Waals surface area contributed by atoms with E-state index in [4.69, 9.17) is 4.74 Å². The second-order valence-electron chi connectivity index (χ2n) is 10.9. The molecule has 2 saturated heterocycles. The number of carbonyl (C=O) groups excluding carboxylic acids is 3. The summed E-state index contributed by atoms with van der Waals surface area (Å²) in [6.07, 6.45) is 10.5. The molecule has 1 aromatic carbocycles. The van der Waals surface area contributed by atoms with Crippen LogP contribution in [-0.2, 0) is 25.7 Å². The van der Waals surface area contributed by atoms with Crippen LogP contribution in [0.4, 0.5) is 0 Å². The quantitative estimate of drug-likeness (QED) is 0.505. The highest BCUT2D eigenvalue weighted by Crippen LogP contribution is 2.58. The van der Waals surface area contributed by atoms with Crippen molar-refractivity contribution in [2.75, 3.05) is 32.8 Å². The minimum absolute atomic E-state index is 0.0898.